The van der Waals surface area contributed by atoms with Crippen LogP contribution in [0, 0.1) is 5.41 Å². The maximum absolute atomic E-state index is 10.1. The fourth-order valence-corrected chi connectivity index (χ4v) is 2.81. The molecule has 0 saturated heterocycles. The van der Waals surface area contributed by atoms with Crippen molar-refractivity contribution in [2.75, 3.05) is 0 Å². The molecule has 0 unspecified atom stereocenters. The molecule has 2 atom stereocenters. The minimum absolute atomic E-state index is 0.0731. The summed E-state index contributed by atoms with van der Waals surface area (Å²) in [6.07, 6.45) is -0.741. The fraction of sp³-hybridized carbons (Fsp3) is 0.500. The van der Waals surface area contributed by atoms with Gasteiger partial charge in [-0.3, -0.25) is 0 Å². The van der Waals surface area contributed by atoms with E-state index in [1.165, 1.54) is 0 Å². The molecule has 0 aliphatic rings. The number of hydrogen-bond donors (Lipinski definition) is 3. The monoisotopic (exact) mass is 365 g/mol. The molecule has 0 heterocycles. The molecule has 0 saturated carbocycles. The number of phenolic OH excluding ortho intramolecular Hbond substituents is 1. The maximum Gasteiger partial charge on any atom is 0.134 e. The van der Waals surface area contributed by atoms with Crippen molar-refractivity contribution in [1.29, 1.82) is 0 Å². The average Bonchev–Trinajstić information content (AvgIpc) is 2.20. The van der Waals surface area contributed by atoms with Gasteiger partial charge in [0.15, 0.2) is 0 Å². The van der Waals surface area contributed by atoms with E-state index in [9.17, 15) is 10.2 Å². The molecule has 17 heavy (non-hydrogen) atoms. The van der Waals surface area contributed by atoms with Crippen LogP contribution in [0.25, 0.3) is 0 Å². The summed E-state index contributed by atoms with van der Waals surface area (Å²) in [5.74, 6) is 0.0731. The molecule has 96 valence electrons. The average molecular weight is 367 g/mol. The van der Waals surface area contributed by atoms with Crippen LogP contribution in [0.15, 0.2) is 21.1 Å². The number of benzene rings is 1. The molecule has 0 radical (unpaired) electrons. The standard InChI is InChI=1S/C12H17Br2NO2/c1-12(2,3)11(17)9(15)7-4-6(13)5-8(14)10(7)16/h4-5,9,11,16-17H,15H2,1-3H3/t9-,11-/m0/s1. The maximum atomic E-state index is 10.1. The van der Waals surface area contributed by atoms with Crippen LogP contribution < -0.4 is 5.73 Å². The lowest BCUT2D eigenvalue weighted by Crippen LogP contribution is -2.37. The molecule has 1 rings (SSSR count). The van der Waals surface area contributed by atoms with Crippen molar-refractivity contribution in [2.45, 2.75) is 32.9 Å². The minimum Gasteiger partial charge on any atom is -0.506 e. The van der Waals surface area contributed by atoms with Crippen LogP contribution in [-0.4, -0.2) is 16.3 Å². The normalized spacial score (nSPS) is 15.7. The Balaban J connectivity index is 3.17. The van der Waals surface area contributed by atoms with Gasteiger partial charge in [-0.2, -0.15) is 0 Å². The molecule has 0 fully saturated rings. The third-order valence-corrected chi connectivity index (χ3v) is 3.71. The van der Waals surface area contributed by atoms with E-state index < -0.39 is 12.1 Å². The molecule has 5 heteroatoms. The Morgan fingerprint density at radius 3 is 2.24 bits per heavy atom. The molecule has 0 spiro atoms. The zero-order valence-corrected chi connectivity index (χ0v) is 13.2. The van der Waals surface area contributed by atoms with Crippen molar-refractivity contribution in [1.82, 2.24) is 0 Å². The van der Waals surface area contributed by atoms with Gasteiger partial charge in [0.05, 0.1) is 16.6 Å². The van der Waals surface area contributed by atoms with E-state index in [2.05, 4.69) is 31.9 Å². The van der Waals surface area contributed by atoms with Crippen LogP contribution in [0.3, 0.4) is 0 Å². The van der Waals surface area contributed by atoms with Gasteiger partial charge < -0.3 is 15.9 Å². The van der Waals surface area contributed by atoms with E-state index in [0.717, 1.165) is 4.47 Å². The Morgan fingerprint density at radius 1 is 1.24 bits per heavy atom. The van der Waals surface area contributed by atoms with Crippen molar-refractivity contribution in [2.24, 2.45) is 11.1 Å². The summed E-state index contributed by atoms with van der Waals surface area (Å²) in [4.78, 5) is 0. The van der Waals surface area contributed by atoms with Crippen molar-refractivity contribution in [3.8, 4) is 5.75 Å². The van der Waals surface area contributed by atoms with E-state index in [4.69, 9.17) is 5.73 Å². The predicted molar refractivity (Wildman–Crippen MR) is 75.9 cm³/mol. The van der Waals surface area contributed by atoms with Crippen LogP contribution >= 0.6 is 31.9 Å². The molecule has 3 nitrogen and oxygen atoms in total. The molecular weight excluding hydrogens is 350 g/mol. The van der Waals surface area contributed by atoms with Crippen molar-refractivity contribution in [3.63, 3.8) is 0 Å². The zero-order chi connectivity index (χ0) is 13.4. The predicted octanol–water partition coefficient (Wildman–Crippen LogP) is 3.32. The molecule has 1 aromatic rings. The van der Waals surface area contributed by atoms with Crippen LogP contribution in [-0.2, 0) is 0 Å². The van der Waals surface area contributed by atoms with Gasteiger partial charge in [-0.25, -0.2) is 0 Å². The molecule has 0 aliphatic heterocycles. The highest BCUT2D eigenvalue weighted by molar-refractivity contribution is 9.11. The molecule has 1 aromatic carbocycles. The molecule has 0 aromatic heterocycles. The Kier molecular flexibility index (Phi) is 4.63. The Morgan fingerprint density at radius 2 is 1.76 bits per heavy atom. The Hall–Kier alpha value is -0.100. The number of aromatic hydroxyl groups is 1. The second-order valence-electron chi connectivity index (χ2n) is 5.16. The second kappa shape index (κ2) is 5.26. The van der Waals surface area contributed by atoms with Gasteiger partial charge in [0.2, 0.25) is 0 Å². The largest absolute Gasteiger partial charge is 0.506 e. The Labute approximate surface area is 118 Å². The first-order valence-corrected chi connectivity index (χ1v) is 6.84. The van der Waals surface area contributed by atoms with Crippen LogP contribution in [0.2, 0.25) is 0 Å². The lowest BCUT2D eigenvalue weighted by molar-refractivity contribution is 0.0394. The Bertz CT molecular complexity index is 416. The number of rotatable bonds is 2. The summed E-state index contributed by atoms with van der Waals surface area (Å²) in [5, 5.41) is 20.1. The smallest absolute Gasteiger partial charge is 0.134 e. The number of aliphatic hydroxyl groups excluding tert-OH is 1. The first kappa shape index (κ1) is 15.0. The van der Waals surface area contributed by atoms with E-state index in [1.54, 1.807) is 12.1 Å². The van der Waals surface area contributed by atoms with Crippen molar-refractivity contribution in [3.05, 3.63) is 26.6 Å². The van der Waals surface area contributed by atoms with E-state index >= 15 is 0 Å². The van der Waals surface area contributed by atoms with Crippen LogP contribution in [0.5, 0.6) is 5.75 Å². The molecule has 0 amide bonds. The SMILES string of the molecule is CC(C)(C)[C@@H](O)[C@@H](N)c1cc(Br)cc(Br)c1O. The summed E-state index contributed by atoms with van der Waals surface area (Å²) in [7, 11) is 0. The van der Waals surface area contributed by atoms with Crippen molar-refractivity contribution < 1.29 is 10.2 Å². The van der Waals surface area contributed by atoms with Gasteiger partial charge in [0, 0.05) is 10.0 Å². The van der Waals surface area contributed by atoms with E-state index in [1.807, 2.05) is 20.8 Å². The van der Waals surface area contributed by atoms with Gasteiger partial charge in [-0.1, -0.05) is 36.7 Å². The van der Waals surface area contributed by atoms with E-state index in [0.29, 0.717) is 10.0 Å². The minimum atomic E-state index is -0.741. The summed E-state index contributed by atoms with van der Waals surface area (Å²) >= 11 is 6.58. The summed E-state index contributed by atoms with van der Waals surface area (Å²) in [6, 6.07) is 2.82. The molecule has 4 N–H and O–H groups in total. The molecule has 0 aliphatic carbocycles. The lowest BCUT2D eigenvalue weighted by atomic mass is 9.82. The number of halogens is 2. The summed E-state index contributed by atoms with van der Waals surface area (Å²) in [5.41, 5.74) is 6.19. The number of hydrogen-bond acceptors (Lipinski definition) is 3. The molecule has 0 bridgehead atoms. The third-order valence-electron chi connectivity index (χ3n) is 2.64. The van der Waals surface area contributed by atoms with Gasteiger partial charge >= 0.3 is 0 Å². The summed E-state index contributed by atoms with van der Waals surface area (Å²) < 4.78 is 1.35. The molecular formula is C12H17Br2NO2. The van der Waals surface area contributed by atoms with Gasteiger partial charge in [-0.15, -0.1) is 0 Å². The van der Waals surface area contributed by atoms with E-state index in [-0.39, 0.29) is 11.2 Å². The number of aliphatic hydroxyl groups is 1. The highest BCUT2D eigenvalue weighted by Gasteiger charge is 2.31. The zero-order valence-electron chi connectivity index (χ0n) is 10.0. The lowest BCUT2D eigenvalue weighted by Gasteiger charge is -2.31. The number of phenols is 1. The first-order valence-electron chi connectivity index (χ1n) is 5.26. The van der Waals surface area contributed by atoms with Crippen LogP contribution in [0.4, 0.5) is 0 Å². The summed E-state index contributed by atoms with van der Waals surface area (Å²) in [6.45, 7) is 5.71. The first-order chi connectivity index (χ1) is 7.64. The van der Waals surface area contributed by atoms with Crippen LogP contribution in [0.1, 0.15) is 32.4 Å². The quantitative estimate of drug-likeness (QED) is 0.752. The second-order valence-corrected chi connectivity index (χ2v) is 6.93. The fourth-order valence-electron chi connectivity index (χ4n) is 1.55. The van der Waals surface area contributed by atoms with Gasteiger partial charge in [0.1, 0.15) is 5.75 Å². The van der Waals surface area contributed by atoms with Crippen molar-refractivity contribution >= 4 is 31.9 Å². The highest BCUT2D eigenvalue weighted by atomic mass is 79.9. The topological polar surface area (TPSA) is 66.5 Å². The van der Waals surface area contributed by atoms with Gasteiger partial charge in [0.25, 0.3) is 0 Å². The van der Waals surface area contributed by atoms with Gasteiger partial charge in [-0.05, 0) is 33.5 Å². The highest BCUT2D eigenvalue weighted by Crippen LogP contribution is 2.38. The third kappa shape index (κ3) is 3.44. The number of nitrogens with two attached hydrogens (primary N) is 1.